The van der Waals surface area contributed by atoms with E-state index >= 15 is 0 Å². The van der Waals surface area contributed by atoms with Gasteiger partial charge in [0.25, 0.3) is 8.32 Å². The largest absolute Gasteiger partial charge is 0.401 e. The Bertz CT molecular complexity index is 954. The van der Waals surface area contributed by atoms with Gasteiger partial charge < -0.3 is 9.53 Å². The molecule has 2 aromatic carbocycles. The van der Waals surface area contributed by atoms with Crippen LogP contribution in [0, 0.1) is 6.92 Å². The highest BCUT2D eigenvalue weighted by atomic mass is 32.1. The van der Waals surface area contributed by atoms with Crippen LogP contribution in [-0.2, 0) is 4.43 Å². The van der Waals surface area contributed by atoms with E-state index in [0.717, 1.165) is 16.3 Å². The van der Waals surface area contributed by atoms with Gasteiger partial charge in [-0.3, -0.25) is 0 Å². The molecule has 0 spiro atoms. The van der Waals surface area contributed by atoms with Crippen LogP contribution in [0.4, 0.5) is 0 Å². The molecule has 0 bridgehead atoms. The summed E-state index contributed by atoms with van der Waals surface area (Å²) >= 11 is 1.65. The van der Waals surface area contributed by atoms with E-state index in [1.807, 2.05) is 6.92 Å². The number of hydrogen-bond acceptors (Lipinski definition) is 4. The summed E-state index contributed by atoms with van der Waals surface area (Å²) in [5.74, 6) is 0. The number of thiazole rings is 1. The van der Waals surface area contributed by atoms with Crippen molar-refractivity contribution in [3.05, 3.63) is 82.3 Å². The van der Waals surface area contributed by atoms with Gasteiger partial charge in [-0.2, -0.15) is 0 Å². The molecular formula is C26H33NO2SSi. The van der Waals surface area contributed by atoms with E-state index in [0.29, 0.717) is 6.42 Å². The van der Waals surface area contributed by atoms with Crippen LogP contribution in [0.5, 0.6) is 0 Å². The van der Waals surface area contributed by atoms with E-state index in [2.05, 4.69) is 105 Å². The van der Waals surface area contributed by atoms with E-state index in [-0.39, 0.29) is 17.7 Å². The van der Waals surface area contributed by atoms with E-state index in [1.165, 1.54) is 10.4 Å². The lowest BCUT2D eigenvalue weighted by Gasteiger charge is -2.45. The van der Waals surface area contributed by atoms with Crippen LogP contribution in [0.1, 0.15) is 44.8 Å². The number of aliphatic hydroxyl groups is 1. The predicted octanol–water partition coefficient (Wildman–Crippen LogP) is 5.18. The number of hydrogen-bond donors (Lipinski definition) is 1. The predicted molar refractivity (Wildman–Crippen MR) is 135 cm³/mol. The second kappa shape index (κ2) is 10.0. The van der Waals surface area contributed by atoms with Crippen molar-refractivity contribution in [2.75, 3.05) is 6.61 Å². The van der Waals surface area contributed by atoms with Crippen molar-refractivity contribution in [1.29, 1.82) is 0 Å². The molecule has 1 atom stereocenters. The Morgan fingerprint density at radius 1 is 1.06 bits per heavy atom. The van der Waals surface area contributed by atoms with Gasteiger partial charge in [-0.15, -0.1) is 11.3 Å². The van der Waals surface area contributed by atoms with Crippen molar-refractivity contribution in [3.8, 4) is 0 Å². The fourth-order valence-electron chi connectivity index (χ4n) is 4.17. The fourth-order valence-corrected chi connectivity index (χ4v) is 9.49. The van der Waals surface area contributed by atoms with E-state index < -0.39 is 8.32 Å². The van der Waals surface area contributed by atoms with Crippen LogP contribution in [0.25, 0.3) is 6.08 Å². The Balaban J connectivity index is 2.15. The van der Waals surface area contributed by atoms with Crippen molar-refractivity contribution in [2.24, 2.45) is 0 Å². The standard InChI is InChI=1S/C26H33NO2SSi/c1-20(18-22-19-30-21(2)27-22)25(16-17-28)29-31(26(3,4)5,23-12-8-6-9-13-23)24-14-10-7-11-15-24/h6-15,18-19,25,28H,16-17H2,1-5H3. The lowest BCUT2D eigenvalue weighted by molar-refractivity contribution is 0.171. The summed E-state index contributed by atoms with van der Waals surface area (Å²) in [6, 6.07) is 21.3. The van der Waals surface area contributed by atoms with Gasteiger partial charge in [0.05, 0.1) is 16.8 Å². The van der Waals surface area contributed by atoms with Crippen molar-refractivity contribution in [3.63, 3.8) is 0 Å². The van der Waals surface area contributed by atoms with Crippen molar-refractivity contribution >= 4 is 36.1 Å². The summed E-state index contributed by atoms with van der Waals surface area (Å²) in [4.78, 5) is 4.59. The third-order valence-electron chi connectivity index (χ3n) is 5.65. The monoisotopic (exact) mass is 451 g/mol. The zero-order valence-electron chi connectivity index (χ0n) is 19.1. The van der Waals surface area contributed by atoms with Crippen LogP contribution in [0.15, 0.2) is 71.6 Å². The summed E-state index contributed by atoms with van der Waals surface area (Å²) in [6.07, 6.45) is 2.45. The zero-order chi connectivity index (χ0) is 22.5. The minimum atomic E-state index is -2.69. The maximum atomic E-state index is 9.89. The molecule has 0 saturated heterocycles. The molecule has 5 heteroatoms. The fraction of sp³-hybridized carbons (Fsp3) is 0.346. The molecule has 0 aliphatic heterocycles. The second-order valence-corrected chi connectivity index (χ2v) is 14.3. The average Bonchev–Trinajstić information content (AvgIpc) is 3.16. The summed E-state index contributed by atoms with van der Waals surface area (Å²) in [7, 11) is -2.69. The number of aliphatic hydroxyl groups excluding tert-OH is 1. The molecule has 3 rings (SSSR count). The first-order chi connectivity index (χ1) is 14.8. The summed E-state index contributed by atoms with van der Waals surface area (Å²) in [5, 5.41) is 15.4. The third kappa shape index (κ3) is 5.24. The molecule has 31 heavy (non-hydrogen) atoms. The molecule has 0 radical (unpaired) electrons. The molecule has 0 aliphatic rings. The minimum Gasteiger partial charge on any atom is -0.401 e. The number of aromatic nitrogens is 1. The molecule has 1 unspecified atom stereocenters. The third-order valence-corrected chi connectivity index (χ3v) is 11.5. The molecule has 3 nitrogen and oxygen atoms in total. The molecule has 3 aromatic rings. The Morgan fingerprint density at radius 3 is 2.03 bits per heavy atom. The van der Waals surface area contributed by atoms with E-state index in [9.17, 15) is 5.11 Å². The first-order valence-corrected chi connectivity index (χ1v) is 13.6. The van der Waals surface area contributed by atoms with Gasteiger partial charge >= 0.3 is 0 Å². The average molecular weight is 452 g/mol. The Kier molecular flexibility index (Phi) is 7.65. The first kappa shape index (κ1) is 23.6. The van der Waals surface area contributed by atoms with Crippen LogP contribution in [-0.4, -0.2) is 31.1 Å². The van der Waals surface area contributed by atoms with Gasteiger partial charge in [-0.05, 0) is 47.3 Å². The second-order valence-electron chi connectivity index (χ2n) is 8.96. The highest BCUT2D eigenvalue weighted by molar-refractivity contribution is 7.09. The summed E-state index contributed by atoms with van der Waals surface area (Å²) in [5.41, 5.74) is 2.04. The van der Waals surface area contributed by atoms with E-state index in [1.54, 1.807) is 11.3 Å². The molecule has 0 saturated carbocycles. The number of benzene rings is 2. The molecule has 0 amide bonds. The van der Waals surface area contributed by atoms with Crippen LogP contribution in [0.2, 0.25) is 5.04 Å². The van der Waals surface area contributed by atoms with Gasteiger partial charge in [0, 0.05) is 12.0 Å². The molecular weight excluding hydrogens is 418 g/mol. The molecule has 0 fully saturated rings. The Hall–Kier alpha value is -2.05. The van der Waals surface area contributed by atoms with Crippen LogP contribution >= 0.6 is 11.3 Å². The molecule has 164 valence electrons. The van der Waals surface area contributed by atoms with Crippen LogP contribution < -0.4 is 10.4 Å². The van der Waals surface area contributed by atoms with Crippen LogP contribution in [0.3, 0.4) is 0 Å². The number of nitrogens with zero attached hydrogens (tertiary/aromatic N) is 1. The SMILES string of the molecule is CC(=Cc1csc(C)n1)C(CCO)O[Si](c1ccccc1)(c1ccccc1)C(C)(C)C. The van der Waals surface area contributed by atoms with Crippen molar-refractivity contribution < 1.29 is 9.53 Å². The molecule has 0 aliphatic carbocycles. The maximum Gasteiger partial charge on any atom is 0.261 e. The highest BCUT2D eigenvalue weighted by Crippen LogP contribution is 2.38. The summed E-state index contributed by atoms with van der Waals surface area (Å²) in [6.45, 7) is 11.0. The number of aryl methyl sites for hydroxylation is 1. The smallest absolute Gasteiger partial charge is 0.261 e. The van der Waals surface area contributed by atoms with E-state index in [4.69, 9.17) is 4.43 Å². The molecule has 1 aromatic heterocycles. The quantitative estimate of drug-likeness (QED) is 0.480. The number of rotatable bonds is 8. The topological polar surface area (TPSA) is 42.4 Å². The molecule has 1 N–H and O–H groups in total. The maximum absolute atomic E-state index is 9.89. The van der Waals surface area contributed by atoms with Gasteiger partial charge in [0.2, 0.25) is 0 Å². The molecule has 1 heterocycles. The lowest BCUT2D eigenvalue weighted by Crippen LogP contribution is -2.67. The van der Waals surface area contributed by atoms with Gasteiger partial charge in [0.1, 0.15) is 0 Å². The van der Waals surface area contributed by atoms with Crippen molar-refractivity contribution in [2.45, 2.75) is 52.2 Å². The Labute approximate surface area is 191 Å². The highest BCUT2D eigenvalue weighted by Gasteiger charge is 2.51. The lowest BCUT2D eigenvalue weighted by atomic mass is 10.1. The Morgan fingerprint density at radius 2 is 1.61 bits per heavy atom. The zero-order valence-corrected chi connectivity index (χ0v) is 20.9. The van der Waals surface area contributed by atoms with Gasteiger partial charge in [0.15, 0.2) is 0 Å². The van der Waals surface area contributed by atoms with Gasteiger partial charge in [-0.25, -0.2) is 4.98 Å². The first-order valence-electron chi connectivity index (χ1n) is 10.8. The normalized spacial score (nSPS) is 13.9. The van der Waals surface area contributed by atoms with Gasteiger partial charge in [-0.1, -0.05) is 81.4 Å². The van der Waals surface area contributed by atoms with Crippen molar-refractivity contribution in [1.82, 2.24) is 4.98 Å². The summed E-state index contributed by atoms with van der Waals surface area (Å²) < 4.78 is 7.24. The minimum absolute atomic E-state index is 0.0736.